The van der Waals surface area contributed by atoms with Gasteiger partial charge in [0.2, 0.25) is 0 Å². The predicted octanol–water partition coefficient (Wildman–Crippen LogP) is 1.59. The highest BCUT2D eigenvalue weighted by atomic mass is 35.5. The molecule has 0 bridgehead atoms. The summed E-state index contributed by atoms with van der Waals surface area (Å²) in [6, 6.07) is 0. The third-order valence-corrected chi connectivity index (χ3v) is 3.46. The first-order valence-electron chi connectivity index (χ1n) is 5.73. The molecule has 1 N–H and O–H groups in total. The Morgan fingerprint density at radius 1 is 1.56 bits per heavy atom. The molecule has 4 nitrogen and oxygen atoms in total. The Morgan fingerprint density at radius 2 is 2.25 bits per heavy atom. The van der Waals surface area contributed by atoms with Crippen LogP contribution < -0.4 is 0 Å². The Hall–Kier alpha value is -0.580. The molecule has 1 unspecified atom stereocenters. The number of hydrogen-bond donors (Lipinski definition) is 1. The molecule has 2 rings (SSSR count). The Labute approximate surface area is 101 Å². The normalized spacial score (nSPS) is 21.2. The lowest BCUT2D eigenvalue weighted by atomic mass is 9.92. The molecule has 1 saturated heterocycles. The van der Waals surface area contributed by atoms with Crippen LogP contribution in [-0.2, 0) is 6.67 Å². The van der Waals surface area contributed by atoms with Crippen molar-refractivity contribution in [2.45, 2.75) is 32.5 Å². The maximum Gasteiger partial charge on any atom is 0.0929 e. The molecule has 0 aromatic carbocycles. The molecule has 1 aliphatic rings. The first-order chi connectivity index (χ1) is 7.65. The van der Waals surface area contributed by atoms with Crippen LogP contribution >= 0.6 is 11.6 Å². The van der Waals surface area contributed by atoms with E-state index in [0.717, 1.165) is 32.6 Å². The summed E-state index contributed by atoms with van der Waals surface area (Å²) in [4.78, 5) is 2.34. The minimum atomic E-state index is -0.179. The van der Waals surface area contributed by atoms with Gasteiger partial charge in [0.1, 0.15) is 0 Å². The fraction of sp³-hybridized carbons (Fsp3) is 0.727. The molecule has 0 spiro atoms. The van der Waals surface area contributed by atoms with Gasteiger partial charge in [0.05, 0.1) is 24.0 Å². The number of halogens is 1. The maximum absolute atomic E-state index is 9.50. The minimum absolute atomic E-state index is 0.179. The second kappa shape index (κ2) is 5.17. The van der Waals surface area contributed by atoms with Crippen molar-refractivity contribution in [3.8, 4) is 0 Å². The van der Waals surface area contributed by atoms with Gasteiger partial charge in [-0.1, -0.05) is 11.6 Å². The largest absolute Gasteiger partial charge is 0.393 e. The zero-order chi connectivity index (χ0) is 11.5. The summed E-state index contributed by atoms with van der Waals surface area (Å²) >= 11 is 5.81. The number of nitrogens with zero attached hydrogens (tertiary/aromatic N) is 3. The molecular formula is C11H18ClN3O. The van der Waals surface area contributed by atoms with Crippen LogP contribution in [0.1, 0.15) is 19.8 Å². The summed E-state index contributed by atoms with van der Waals surface area (Å²) in [5, 5.41) is 14.3. The van der Waals surface area contributed by atoms with Gasteiger partial charge in [0.15, 0.2) is 0 Å². The highest BCUT2D eigenvalue weighted by Crippen LogP contribution is 2.20. The molecule has 0 saturated carbocycles. The zero-order valence-corrected chi connectivity index (χ0v) is 10.3. The Kier molecular flexibility index (Phi) is 3.84. The number of aromatic nitrogens is 2. The fourth-order valence-corrected chi connectivity index (χ4v) is 2.35. The van der Waals surface area contributed by atoms with E-state index in [1.807, 2.05) is 17.8 Å². The van der Waals surface area contributed by atoms with Crippen molar-refractivity contribution in [1.29, 1.82) is 0 Å². The van der Waals surface area contributed by atoms with E-state index >= 15 is 0 Å². The molecule has 1 aromatic heterocycles. The second-order valence-electron chi connectivity index (χ2n) is 4.54. The monoisotopic (exact) mass is 243 g/mol. The van der Waals surface area contributed by atoms with E-state index in [2.05, 4.69) is 10.00 Å². The third-order valence-electron chi connectivity index (χ3n) is 3.26. The van der Waals surface area contributed by atoms with Crippen molar-refractivity contribution in [2.24, 2.45) is 5.92 Å². The van der Waals surface area contributed by atoms with E-state index in [1.165, 1.54) is 0 Å². The quantitative estimate of drug-likeness (QED) is 0.877. The summed E-state index contributed by atoms with van der Waals surface area (Å²) in [5.74, 6) is 0.456. The highest BCUT2D eigenvalue weighted by molar-refractivity contribution is 6.30. The smallest absolute Gasteiger partial charge is 0.0929 e. The molecule has 1 fully saturated rings. The van der Waals surface area contributed by atoms with E-state index in [9.17, 15) is 5.11 Å². The molecule has 0 radical (unpaired) electrons. The average Bonchev–Trinajstić information content (AvgIpc) is 2.65. The number of hydrogen-bond acceptors (Lipinski definition) is 3. The summed E-state index contributed by atoms with van der Waals surface area (Å²) in [5.41, 5.74) is 0. The second-order valence-corrected chi connectivity index (χ2v) is 4.97. The molecule has 0 aliphatic carbocycles. The summed E-state index contributed by atoms with van der Waals surface area (Å²) < 4.78 is 1.85. The highest BCUT2D eigenvalue weighted by Gasteiger charge is 2.22. The van der Waals surface area contributed by atoms with Gasteiger partial charge in [0.25, 0.3) is 0 Å². The summed E-state index contributed by atoms with van der Waals surface area (Å²) in [7, 11) is 0. The van der Waals surface area contributed by atoms with Gasteiger partial charge in [0, 0.05) is 19.3 Å². The number of aliphatic hydroxyl groups is 1. The lowest BCUT2D eigenvalue weighted by Crippen LogP contribution is -2.38. The van der Waals surface area contributed by atoms with Crippen LogP contribution in [0.3, 0.4) is 0 Å². The van der Waals surface area contributed by atoms with Crippen LogP contribution in [0.5, 0.6) is 0 Å². The van der Waals surface area contributed by atoms with E-state index < -0.39 is 0 Å². The van der Waals surface area contributed by atoms with Crippen molar-refractivity contribution in [1.82, 2.24) is 14.7 Å². The molecule has 1 atom stereocenters. The van der Waals surface area contributed by atoms with Gasteiger partial charge >= 0.3 is 0 Å². The van der Waals surface area contributed by atoms with Gasteiger partial charge in [-0.15, -0.1) is 0 Å². The van der Waals surface area contributed by atoms with Crippen molar-refractivity contribution in [2.75, 3.05) is 13.1 Å². The van der Waals surface area contributed by atoms with Gasteiger partial charge < -0.3 is 5.11 Å². The van der Waals surface area contributed by atoms with E-state index in [-0.39, 0.29) is 6.10 Å². The molecule has 1 aliphatic heterocycles. The third kappa shape index (κ3) is 2.97. The van der Waals surface area contributed by atoms with Gasteiger partial charge in [-0.05, 0) is 25.7 Å². The number of likely N-dealkylation sites (tertiary alicyclic amines) is 1. The van der Waals surface area contributed by atoms with Crippen LogP contribution in [0.4, 0.5) is 0 Å². The predicted molar refractivity (Wildman–Crippen MR) is 63.2 cm³/mol. The van der Waals surface area contributed by atoms with Crippen LogP contribution in [0.25, 0.3) is 0 Å². The van der Waals surface area contributed by atoms with Gasteiger partial charge in [-0.2, -0.15) is 5.10 Å². The number of aliphatic hydroxyl groups excluding tert-OH is 1. The van der Waals surface area contributed by atoms with Crippen molar-refractivity contribution < 1.29 is 5.11 Å². The van der Waals surface area contributed by atoms with Crippen molar-refractivity contribution >= 4 is 11.6 Å². The van der Waals surface area contributed by atoms with Gasteiger partial charge in [-0.3, -0.25) is 9.58 Å². The number of piperidine rings is 1. The number of rotatable bonds is 3. The molecular weight excluding hydrogens is 226 g/mol. The summed E-state index contributed by atoms with van der Waals surface area (Å²) in [6.07, 6.45) is 5.44. The first-order valence-corrected chi connectivity index (χ1v) is 6.11. The van der Waals surface area contributed by atoms with Crippen LogP contribution in [0.15, 0.2) is 12.4 Å². The molecule has 1 aromatic rings. The average molecular weight is 244 g/mol. The SMILES string of the molecule is CC(O)C1CCN(Cn2cc(Cl)cn2)CC1. The van der Waals surface area contributed by atoms with Crippen molar-refractivity contribution in [3.63, 3.8) is 0 Å². The Bertz CT molecular complexity index is 332. The van der Waals surface area contributed by atoms with Crippen LogP contribution in [0, 0.1) is 5.92 Å². The van der Waals surface area contributed by atoms with E-state index in [0.29, 0.717) is 10.9 Å². The molecule has 0 amide bonds. The molecule has 16 heavy (non-hydrogen) atoms. The molecule has 2 heterocycles. The minimum Gasteiger partial charge on any atom is -0.393 e. The van der Waals surface area contributed by atoms with Gasteiger partial charge in [-0.25, -0.2) is 0 Å². The Balaban J connectivity index is 1.81. The standard InChI is InChI=1S/C11H18ClN3O/c1-9(16)10-2-4-14(5-3-10)8-15-7-11(12)6-13-15/h6-7,9-10,16H,2-5,8H2,1H3. The topological polar surface area (TPSA) is 41.3 Å². The molecule has 5 heteroatoms. The van der Waals surface area contributed by atoms with Crippen LogP contribution in [0.2, 0.25) is 5.02 Å². The van der Waals surface area contributed by atoms with Crippen molar-refractivity contribution in [3.05, 3.63) is 17.4 Å². The zero-order valence-electron chi connectivity index (χ0n) is 9.51. The first kappa shape index (κ1) is 11.9. The Morgan fingerprint density at radius 3 is 2.75 bits per heavy atom. The summed E-state index contributed by atoms with van der Waals surface area (Å²) in [6.45, 7) is 4.72. The lowest BCUT2D eigenvalue weighted by Gasteiger charge is -2.32. The van der Waals surface area contributed by atoms with E-state index in [1.54, 1.807) is 6.20 Å². The maximum atomic E-state index is 9.50. The molecule has 90 valence electrons. The fourth-order valence-electron chi connectivity index (χ4n) is 2.20. The van der Waals surface area contributed by atoms with Crippen LogP contribution in [-0.4, -0.2) is 39.0 Å². The lowest BCUT2D eigenvalue weighted by molar-refractivity contribution is 0.0595. The van der Waals surface area contributed by atoms with E-state index in [4.69, 9.17) is 11.6 Å².